The van der Waals surface area contributed by atoms with Gasteiger partial charge in [0.15, 0.2) is 0 Å². The number of likely N-dealkylation sites (tertiary alicyclic amines) is 1. The van der Waals surface area contributed by atoms with E-state index in [1.165, 1.54) is 24.0 Å². The molecule has 2 aliphatic heterocycles. The summed E-state index contributed by atoms with van der Waals surface area (Å²) in [6.45, 7) is 13.1. The maximum atomic E-state index is 12.8. The number of hydrogen-bond acceptors (Lipinski definition) is 4. The zero-order chi connectivity index (χ0) is 22.3. The third-order valence-corrected chi connectivity index (χ3v) is 7.11. The summed E-state index contributed by atoms with van der Waals surface area (Å²) in [6.07, 6.45) is 6.40. The van der Waals surface area contributed by atoms with Crippen molar-refractivity contribution in [2.45, 2.75) is 59.2 Å². The highest BCUT2D eigenvalue weighted by molar-refractivity contribution is 5.76. The van der Waals surface area contributed by atoms with Gasteiger partial charge in [-0.2, -0.15) is 5.10 Å². The molecule has 0 saturated carbocycles. The molecule has 3 heterocycles. The first-order valence-corrected chi connectivity index (χ1v) is 12.4. The summed E-state index contributed by atoms with van der Waals surface area (Å²) in [7, 11) is 0. The molecule has 2 aromatic rings. The number of hydrogen-bond donors (Lipinski definition) is 0. The summed E-state index contributed by atoms with van der Waals surface area (Å²) in [5, 5.41) is 4.59. The average Bonchev–Trinajstić information content (AvgIpc) is 3.18. The van der Waals surface area contributed by atoms with Gasteiger partial charge in [-0.25, -0.2) is 0 Å². The molecule has 0 radical (unpaired) electrons. The molecule has 1 amide bonds. The van der Waals surface area contributed by atoms with Crippen molar-refractivity contribution in [2.75, 3.05) is 39.3 Å². The van der Waals surface area contributed by atoms with Crippen LogP contribution in [0.4, 0.5) is 0 Å². The van der Waals surface area contributed by atoms with Gasteiger partial charge in [0, 0.05) is 70.5 Å². The Labute approximate surface area is 193 Å². The average molecular weight is 438 g/mol. The minimum absolute atomic E-state index is 0.349. The molecule has 4 rings (SSSR count). The van der Waals surface area contributed by atoms with E-state index in [-0.39, 0.29) is 0 Å². The number of piperazine rings is 1. The van der Waals surface area contributed by atoms with Crippen molar-refractivity contribution in [1.82, 2.24) is 24.5 Å². The van der Waals surface area contributed by atoms with E-state index < -0.39 is 0 Å². The lowest BCUT2D eigenvalue weighted by Crippen LogP contribution is -2.48. The Bertz CT molecular complexity index is 856. The van der Waals surface area contributed by atoms with Gasteiger partial charge in [-0.3, -0.25) is 19.3 Å². The minimum atomic E-state index is 0.349. The molecule has 0 N–H and O–H groups in total. The van der Waals surface area contributed by atoms with Gasteiger partial charge in [-0.15, -0.1) is 0 Å². The fourth-order valence-electron chi connectivity index (χ4n) is 5.13. The topological polar surface area (TPSA) is 44.6 Å². The molecule has 6 heteroatoms. The molecule has 6 nitrogen and oxygen atoms in total. The molecule has 0 aliphatic carbocycles. The van der Waals surface area contributed by atoms with Crippen molar-refractivity contribution in [3.8, 4) is 0 Å². The molecule has 0 unspecified atom stereocenters. The molecule has 2 saturated heterocycles. The molecule has 2 fully saturated rings. The molecular formula is C26H39N5O. The van der Waals surface area contributed by atoms with E-state index in [0.717, 1.165) is 71.0 Å². The fourth-order valence-corrected chi connectivity index (χ4v) is 5.13. The van der Waals surface area contributed by atoms with Gasteiger partial charge in [0.05, 0.1) is 5.69 Å². The second-order valence-corrected chi connectivity index (χ2v) is 9.52. The number of piperidine rings is 1. The Morgan fingerprint density at radius 3 is 2.53 bits per heavy atom. The molecule has 32 heavy (non-hydrogen) atoms. The van der Waals surface area contributed by atoms with Gasteiger partial charge < -0.3 is 4.90 Å². The van der Waals surface area contributed by atoms with Crippen LogP contribution in [0.1, 0.15) is 49.4 Å². The molecule has 0 spiro atoms. The summed E-state index contributed by atoms with van der Waals surface area (Å²) < 4.78 is 2.03. The lowest BCUT2D eigenvalue weighted by Gasteiger charge is -2.36. The molecule has 1 aromatic heterocycles. The van der Waals surface area contributed by atoms with Gasteiger partial charge in [0.1, 0.15) is 0 Å². The Balaban J connectivity index is 1.18. The lowest BCUT2D eigenvalue weighted by molar-refractivity contribution is -0.133. The maximum Gasteiger partial charge on any atom is 0.222 e. The van der Waals surface area contributed by atoms with Crippen LogP contribution in [0.5, 0.6) is 0 Å². The number of amides is 1. The molecule has 1 aromatic carbocycles. The van der Waals surface area contributed by atoms with Gasteiger partial charge >= 0.3 is 0 Å². The highest BCUT2D eigenvalue weighted by Crippen LogP contribution is 2.24. The lowest BCUT2D eigenvalue weighted by atomic mass is 9.93. The van der Waals surface area contributed by atoms with Crippen molar-refractivity contribution in [3.63, 3.8) is 0 Å². The SMILES string of the molecule is CCn1cc(CN2CCC[C@H](CCC(=O)N3CCN(Cc4ccccc4)CC3)C2)c(C)n1. The van der Waals surface area contributed by atoms with E-state index in [1.54, 1.807) is 0 Å². The summed E-state index contributed by atoms with van der Waals surface area (Å²) in [5.74, 6) is 0.982. The first kappa shape index (κ1) is 23.0. The second-order valence-electron chi connectivity index (χ2n) is 9.52. The monoisotopic (exact) mass is 437 g/mol. The van der Waals surface area contributed by atoms with Crippen molar-refractivity contribution < 1.29 is 4.79 Å². The quantitative estimate of drug-likeness (QED) is 0.634. The summed E-state index contributed by atoms with van der Waals surface area (Å²) in [6, 6.07) is 10.6. The van der Waals surface area contributed by atoms with E-state index in [4.69, 9.17) is 0 Å². The fraction of sp³-hybridized carbons (Fsp3) is 0.615. The van der Waals surface area contributed by atoms with Crippen LogP contribution in [0.2, 0.25) is 0 Å². The van der Waals surface area contributed by atoms with Crippen molar-refractivity contribution in [1.29, 1.82) is 0 Å². The Hall–Kier alpha value is -2.18. The summed E-state index contributed by atoms with van der Waals surface area (Å²) in [4.78, 5) is 19.9. The molecule has 0 bridgehead atoms. The molecule has 2 aliphatic rings. The van der Waals surface area contributed by atoms with Crippen LogP contribution < -0.4 is 0 Å². The maximum absolute atomic E-state index is 12.8. The third kappa shape index (κ3) is 6.20. The van der Waals surface area contributed by atoms with Crippen molar-refractivity contribution in [2.24, 2.45) is 5.92 Å². The zero-order valence-electron chi connectivity index (χ0n) is 19.9. The standard InChI is InChI=1S/C26H39N5O/c1-3-31-21-25(22(2)27-31)20-29-13-7-10-24(19-29)11-12-26(32)30-16-14-28(15-17-30)18-23-8-5-4-6-9-23/h4-6,8-9,21,24H,3,7,10-20H2,1-2H3/t24-/m1/s1. The van der Waals surface area contributed by atoms with Crippen molar-refractivity contribution >= 4 is 5.91 Å². The van der Waals surface area contributed by atoms with Gasteiger partial charge in [0.25, 0.3) is 0 Å². The summed E-state index contributed by atoms with van der Waals surface area (Å²) in [5.41, 5.74) is 3.85. The number of carbonyl (C=O) groups is 1. The van der Waals surface area contributed by atoms with Crippen LogP contribution in [0.15, 0.2) is 36.5 Å². The summed E-state index contributed by atoms with van der Waals surface area (Å²) >= 11 is 0. The van der Waals surface area contributed by atoms with Crippen LogP contribution in [-0.2, 0) is 24.4 Å². The smallest absolute Gasteiger partial charge is 0.222 e. The number of aryl methyl sites for hydroxylation is 2. The highest BCUT2D eigenvalue weighted by atomic mass is 16.2. The number of aromatic nitrogens is 2. The normalized spacial score (nSPS) is 20.6. The molecule has 1 atom stereocenters. The van der Waals surface area contributed by atoms with Crippen LogP contribution in [0, 0.1) is 12.8 Å². The van der Waals surface area contributed by atoms with Crippen LogP contribution in [0.3, 0.4) is 0 Å². The first-order valence-electron chi connectivity index (χ1n) is 12.4. The number of rotatable bonds is 8. The Kier molecular flexibility index (Phi) is 7.98. The van der Waals surface area contributed by atoms with Gasteiger partial charge in [-0.05, 0) is 51.1 Å². The van der Waals surface area contributed by atoms with E-state index in [1.807, 2.05) is 4.68 Å². The molecular weight excluding hydrogens is 398 g/mol. The van der Waals surface area contributed by atoms with Gasteiger partial charge in [-0.1, -0.05) is 30.3 Å². The van der Waals surface area contributed by atoms with Crippen LogP contribution in [0.25, 0.3) is 0 Å². The van der Waals surface area contributed by atoms with E-state index >= 15 is 0 Å². The van der Waals surface area contributed by atoms with Crippen LogP contribution in [-0.4, -0.2) is 69.7 Å². The number of benzene rings is 1. The van der Waals surface area contributed by atoms with Gasteiger partial charge in [0.2, 0.25) is 5.91 Å². The zero-order valence-corrected chi connectivity index (χ0v) is 19.9. The van der Waals surface area contributed by atoms with E-state index in [2.05, 4.69) is 70.2 Å². The van der Waals surface area contributed by atoms with Crippen LogP contribution >= 0.6 is 0 Å². The third-order valence-electron chi connectivity index (χ3n) is 7.11. The van der Waals surface area contributed by atoms with E-state index in [9.17, 15) is 4.79 Å². The minimum Gasteiger partial charge on any atom is -0.340 e. The number of carbonyl (C=O) groups excluding carboxylic acids is 1. The highest BCUT2D eigenvalue weighted by Gasteiger charge is 2.25. The number of nitrogens with zero attached hydrogens (tertiary/aromatic N) is 5. The van der Waals surface area contributed by atoms with E-state index in [0.29, 0.717) is 18.2 Å². The predicted octanol–water partition coefficient (Wildman–Crippen LogP) is 3.55. The predicted molar refractivity (Wildman–Crippen MR) is 128 cm³/mol. The van der Waals surface area contributed by atoms with Crippen molar-refractivity contribution in [3.05, 3.63) is 53.3 Å². The second kappa shape index (κ2) is 11.1. The molecule has 174 valence electrons. The Morgan fingerprint density at radius 2 is 1.81 bits per heavy atom. The first-order chi connectivity index (χ1) is 15.6. The Morgan fingerprint density at radius 1 is 1.03 bits per heavy atom. The largest absolute Gasteiger partial charge is 0.340 e.